The first kappa shape index (κ1) is 17.7. The number of hydrogen-bond acceptors (Lipinski definition) is 3. The Bertz CT molecular complexity index is 530. The van der Waals surface area contributed by atoms with E-state index >= 15 is 0 Å². The van der Waals surface area contributed by atoms with Gasteiger partial charge in [-0.3, -0.25) is 9.69 Å². The summed E-state index contributed by atoms with van der Waals surface area (Å²) in [5.41, 5.74) is 1.58. The molecule has 1 fully saturated rings. The Morgan fingerprint density at radius 1 is 1.26 bits per heavy atom. The quantitative estimate of drug-likeness (QED) is 0.890. The van der Waals surface area contributed by atoms with E-state index in [1.807, 2.05) is 12.1 Å². The van der Waals surface area contributed by atoms with Gasteiger partial charge in [0, 0.05) is 31.7 Å². The van der Waals surface area contributed by atoms with Crippen molar-refractivity contribution >= 4 is 5.91 Å². The third-order valence-electron chi connectivity index (χ3n) is 4.24. The van der Waals surface area contributed by atoms with Gasteiger partial charge in [0.05, 0.1) is 0 Å². The number of halogens is 3. The van der Waals surface area contributed by atoms with Crippen LogP contribution in [0.2, 0.25) is 0 Å². The second-order valence-electron chi connectivity index (χ2n) is 5.93. The Morgan fingerprint density at radius 3 is 2.43 bits per heavy atom. The fraction of sp³-hybridized carbons (Fsp3) is 0.562. The summed E-state index contributed by atoms with van der Waals surface area (Å²) >= 11 is 0. The monoisotopic (exact) mass is 329 g/mol. The molecular formula is C16H22F3N3O. The molecule has 2 rings (SSSR count). The lowest BCUT2D eigenvalue weighted by molar-refractivity contribution is -0.188. The molecule has 1 saturated heterocycles. The molecule has 0 aromatic heterocycles. The van der Waals surface area contributed by atoms with Gasteiger partial charge in [0.15, 0.2) is 0 Å². The predicted molar refractivity (Wildman–Crippen MR) is 82.2 cm³/mol. The first-order chi connectivity index (χ1) is 10.8. The van der Waals surface area contributed by atoms with Crippen LogP contribution in [0.4, 0.5) is 13.2 Å². The van der Waals surface area contributed by atoms with E-state index in [-0.39, 0.29) is 18.4 Å². The third-order valence-corrected chi connectivity index (χ3v) is 4.24. The average molecular weight is 329 g/mol. The number of carbonyl (C=O) groups is 1. The Labute approximate surface area is 134 Å². The van der Waals surface area contributed by atoms with Gasteiger partial charge in [-0.25, -0.2) is 0 Å². The number of nitrogens with one attached hydrogen (secondary N) is 2. The van der Waals surface area contributed by atoms with Gasteiger partial charge in [0.2, 0.25) is 0 Å². The van der Waals surface area contributed by atoms with Crippen LogP contribution in [0.3, 0.4) is 0 Å². The Morgan fingerprint density at radius 2 is 1.91 bits per heavy atom. The number of alkyl halides is 3. The number of likely N-dealkylation sites (N-methyl/N-ethyl adjacent to an activating group) is 1. The molecule has 128 valence electrons. The number of likely N-dealkylation sites (tertiary alicyclic amines) is 1. The molecule has 1 aromatic rings. The summed E-state index contributed by atoms with van der Waals surface area (Å²) in [6, 6.07) is 5.88. The van der Waals surface area contributed by atoms with Crippen LogP contribution in [0.15, 0.2) is 24.3 Å². The molecule has 0 aliphatic carbocycles. The number of benzene rings is 1. The molecule has 1 aromatic carbocycles. The highest BCUT2D eigenvalue weighted by Gasteiger charge is 2.44. The van der Waals surface area contributed by atoms with Crippen molar-refractivity contribution in [1.29, 1.82) is 0 Å². The minimum Gasteiger partial charge on any atom is -0.355 e. The van der Waals surface area contributed by atoms with Crippen molar-refractivity contribution in [2.75, 3.05) is 20.6 Å². The fourth-order valence-corrected chi connectivity index (χ4v) is 2.91. The van der Waals surface area contributed by atoms with Crippen molar-refractivity contribution in [1.82, 2.24) is 15.5 Å². The fourth-order valence-electron chi connectivity index (χ4n) is 2.91. The van der Waals surface area contributed by atoms with Gasteiger partial charge < -0.3 is 10.6 Å². The summed E-state index contributed by atoms with van der Waals surface area (Å²) < 4.78 is 38.4. The van der Waals surface area contributed by atoms with Crippen molar-refractivity contribution in [3.05, 3.63) is 35.4 Å². The zero-order chi connectivity index (χ0) is 17.0. The van der Waals surface area contributed by atoms with Crippen LogP contribution >= 0.6 is 0 Å². The molecular weight excluding hydrogens is 307 g/mol. The highest BCUT2D eigenvalue weighted by atomic mass is 19.4. The van der Waals surface area contributed by atoms with E-state index in [0.29, 0.717) is 25.1 Å². The van der Waals surface area contributed by atoms with Crippen LogP contribution in [0.25, 0.3) is 0 Å². The van der Waals surface area contributed by atoms with Crippen molar-refractivity contribution < 1.29 is 18.0 Å². The Hall–Kier alpha value is -1.60. The maximum Gasteiger partial charge on any atom is 0.404 e. The van der Waals surface area contributed by atoms with Gasteiger partial charge in [-0.1, -0.05) is 12.1 Å². The smallest absolute Gasteiger partial charge is 0.355 e. The molecule has 1 aliphatic heterocycles. The van der Waals surface area contributed by atoms with Gasteiger partial charge in [-0.05, 0) is 37.6 Å². The molecule has 4 nitrogen and oxygen atoms in total. The normalized spacial score (nSPS) is 22.8. The number of nitrogens with zero attached hydrogens (tertiary/aromatic N) is 1. The van der Waals surface area contributed by atoms with Gasteiger partial charge in [0.25, 0.3) is 5.91 Å². The zero-order valence-electron chi connectivity index (χ0n) is 13.3. The Balaban J connectivity index is 1.84. The molecule has 2 unspecified atom stereocenters. The maximum atomic E-state index is 12.8. The van der Waals surface area contributed by atoms with Crippen LogP contribution in [-0.4, -0.2) is 49.7 Å². The lowest BCUT2D eigenvalue weighted by atomic mass is 9.98. The summed E-state index contributed by atoms with van der Waals surface area (Å²) in [5.74, 6) is -0.142. The summed E-state index contributed by atoms with van der Waals surface area (Å²) in [4.78, 5) is 12.8. The third kappa shape index (κ3) is 4.68. The van der Waals surface area contributed by atoms with Crippen LogP contribution in [0.1, 0.15) is 28.8 Å². The van der Waals surface area contributed by atoms with Crippen molar-refractivity contribution in [2.24, 2.45) is 0 Å². The highest BCUT2D eigenvalue weighted by Crippen LogP contribution is 2.30. The first-order valence-electron chi connectivity index (χ1n) is 7.62. The van der Waals surface area contributed by atoms with Crippen molar-refractivity contribution in [3.8, 4) is 0 Å². The van der Waals surface area contributed by atoms with Crippen LogP contribution in [-0.2, 0) is 6.54 Å². The van der Waals surface area contributed by atoms with E-state index in [4.69, 9.17) is 0 Å². The zero-order valence-corrected chi connectivity index (χ0v) is 13.3. The molecule has 7 heteroatoms. The number of piperidine rings is 1. The second kappa shape index (κ2) is 7.31. The summed E-state index contributed by atoms with van der Waals surface area (Å²) in [5, 5.41) is 5.85. The average Bonchev–Trinajstić information content (AvgIpc) is 2.51. The summed E-state index contributed by atoms with van der Waals surface area (Å²) in [6.07, 6.45) is -3.53. The molecule has 2 atom stereocenters. The molecule has 23 heavy (non-hydrogen) atoms. The number of amides is 1. The van der Waals surface area contributed by atoms with E-state index in [2.05, 4.69) is 10.6 Å². The van der Waals surface area contributed by atoms with Crippen molar-refractivity contribution in [3.63, 3.8) is 0 Å². The minimum atomic E-state index is -4.16. The molecule has 1 amide bonds. The standard InChI is InChI=1S/C16H22F3N3O/c1-20-15(23)12-5-3-11(4-6-12)9-21-13-7-8-14(16(17,18)19)22(2)10-13/h3-6,13-14,21H,7-10H2,1-2H3,(H,20,23). The lowest BCUT2D eigenvalue weighted by Gasteiger charge is -2.38. The predicted octanol–water partition coefficient (Wildman–Crippen LogP) is 2.16. The van der Waals surface area contributed by atoms with Gasteiger partial charge in [-0.2, -0.15) is 13.2 Å². The number of hydrogen-bond donors (Lipinski definition) is 2. The molecule has 2 N–H and O–H groups in total. The second-order valence-corrected chi connectivity index (χ2v) is 5.93. The molecule has 0 spiro atoms. The SMILES string of the molecule is CNC(=O)c1ccc(CNC2CCC(C(F)(F)F)N(C)C2)cc1. The molecule has 0 radical (unpaired) electrons. The molecule has 1 heterocycles. The van der Waals surface area contributed by atoms with E-state index < -0.39 is 12.2 Å². The molecule has 1 aliphatic rings. The largest absolute Gasteiger partial charge is 0.404 e. The van der Waals surface area contributed by atoms with Crippen LogP contribution < -0.4 is 10.6 Å². The Kier molecular flexibility index (Phi) is 5.64. The van der Waals surface area contributed by atoms with Crippen molar-refractivity contribution in [2.45, 2.75) is 37.6 Å². The van der Waals surface area contributed by atoms with Gasteiger partial charge >= 0.3 is 6.18 Å². The lowest BCUT2D eigenvalue weighted by Crippen LogP contribution is -2.53. The number of rotatable bonds is 4. The molecule has 0 saturated carbocycles. The summed E-state index contributed by atoms with van der Waals surface area (Å²) in [6.45, 7) is 0.948. The maximum absolute atomic E-state index is 12.8. The van der Waals surface area contributed by atoms with E-state index in [9.17, 15) is 18.0 Å². The topological polar surface area (TPSA) is 44.4 Å². The highest BCUT2D eigenvalue weighted by molar-refractivity contribution is 5.93. The first-order valence-corrected chi connectivity index (χ1v) is 7.62. The number of carbonyl (C=O) groups excluding carboxylic acids is 1. The van der Waals surface area contributed by atoms with Crippen LogP contribution in [0, 0.1) is 0 Å². The molecule has 0 bridgehead atoms. The van der Waals surface area contributed by atoms with E-state index in [0.717, 1.165) is 5.56 Å². The van der Waals surface area contributed by atoms with E-state index in [1.54, 1.807) is 19.2 Å². The van der Waals surface area contributed by atoms with Gasteiger partial charge in [-0.15, -0.1) is 0 Å². The van der Waals surface area contributed by atoms with Gasteiger partial charge in [0.1, 0.15) is 6.04 Å². The summed E-state index contributed by atoms with van der Waals surface area (Å²) in [7, 11) is 3.09. The van der Waals surface area contributed by atoms with Crippen LogP contribution in [0.5, 0.6) is 0 Å². The van der Waals surface area contributed by atoms with E-state index in [1.165, 1.54) is 11.9 Å². The minimum absolute atomic E-state index is 0.0391.